The lowest BCUT2D eigenvalue weighted by Gasteiger charge is -2.46. The van der Waals surface area contributed by atoms with E-state index in [4.69, 9.17) is 19.9 Å². The van der Waals surface area contributed by atoms with Gasteiger partial charge in [0, 0.05) is 17.7 Å². The smallest absolute Gasteiger partial charge is 0.330 e. The van der Waals surface area contributed by atoms with E-state index in [1.807, 2.05) is 6.07 Å². The maximum atomic E-state index is 12.2. The quantitative estimate of drug-likeness (QED) is 0.453. The zero-order valence-corrected chi connectivity index (χ0v) is 14.9. The molecule has 2 N–H and O–H groups in total. The van der Waals surface area contributed by atoms with Crippen molar-refractivity contribution >= 4 is 11.9 Å². The molecular weight excluding hydrogens is 324 g/mol. The largest absolute Gasteiger partial charge is 0.497 e. The van der Waals surface area contributed by atoms with Crippen LogP contribution in [0.1, 0.15) is 19.4 Å². The summed E-state index contributed by atoms with van der Waals surface area (Å²) in [7, 11) is 3.14. The van der Waals surface area contributed by atoms with E-state index in [1.165, 1.54) is 6.08 Å². The lowest BCUT2D eigenvalue weighted by Crippen LogP contribution is -2.68. The Balaban J connectivity index is 2.20. The van der Waals surface area contributed by atoms with Gasteiger partial charge >= 0.3 is 5.97 Å². The molecule has 136 valence electrons. The van der Waals surface area contributed by atoms with Gasteiger partial charge in [-0.05, 0) is 31.6 Å². The molecule has 0 saturated carbocycles. The standard InChI is InChI=1S/C18H24N2O5/c1-5-25-15(21)8-11(2)17-16(19)18(22)20(17)10-12-6-7-13(23-3)9-14(12)24-4/h6-9,16-17H,5,10,19H2,1-4H3/t16-,17+/m1/s1. The van der Waals surface area contributed by atoms with E-state index in [9.17, 15) is 9.59 Å². The molecule has 0 aliphatic carbocycles. The molecule has 1 heterocycles. The number of hydrogen-bond donors (Lipinski definition) is 1. The molecule has 0 aromatic heterocycles. The molecule has 1 amide bonds. The van der Waals surface area contributed by atoms with Gasteiger partial charge < -0.3 is 24.8 Å². The number of carbonyl (C=O) groups is 2. The normalized spacial score (nSPS) is 20.1. The van der Waals surface area contributed by atoms with Crippen LogP contribution >= 0.6 is 0 Å². The molecule has 0 radical (unpaired) electrons. The third-order valence-corrected chi connectivity index (χ3v) is 4.18. The average Bonchev–Trinajstić information content (AvgIpc) is 2.60. The number of benzene rings is 1. The van der Waals surface area contributed by atoms with Gasteiger partial charge in [0.2, 0.25) is 5.91 Å². The molecule has 2 rings (SSSR count). The van der Waals surface area contributed by atoms with Crippen molar-refractivity contribution in [3.63, 3.8) is 0 Å². The van der Waals surface area contributed by atoms with E-state index < -0.39 is 12.0 Å². The molecule has 1 aromatic rings. The number of methoxy groups -OCH3 is 2. The summed E-state index contributed by atoms with van der Waals surface area (Å²) >= 11 is 0. The highest BCUT2D eigenvalue weighted by atomic mass is 16.5. The van der Waals surface area contributed by atoms with Crippen molar-refractivity contribution in [3.05, 3.63) is 35.4 Å². The first kappa shape index (κ1) is 18.8. The van der Waals surface area contributed by atoms with Crippen LogP contribution in [-0.2, 0) is 20.9 Å². The molecule has 25 heavy (non-hydrogen) atoms. The predicted octanol–water partition coefficient (Wildman–Crippen LogP) is 1.25. The Morgan fingerprint density at radius 1 is 1.32 bits per heavy atom. The molecule has 0 unspecified atom stereocenters. The number of rotatable bonds is 7. The number of ether oxygens (including phenoxy) is 3. The van der Waals surface area contributed by atoms with Crippen molar-refractivity contribution in [2.45, 2.75) is 32.5 Å². The predicted molar refractivity (Wildman–Crippen MR) is 92.2 cm³/mol. The second kappa shape index (κ2) is 8.02. The summed E-state index contributed by atoms with van der Waals surface area (Å²) in [5, 5.41) is 0. The second-order valence-electron chi connectivity index (χ2n) is 5.75. The monoisotopic (exact) mass is 348 g/mol. The maximum absolute atomic E-state index is 12.2. The number of β-lactam (4-membered cyclic amide) rings is 1. The Hall–Kier alpha value is -2.54. The number of nitrogens with two attached hydrogens (primary N) is 1. The van der Waals surface area contributed by atoms with Crippen LogP contribution in [0.15, 0.2) is 29.8 Å². The molecule has 1 aromatic carbocycles. The molecule has 0 spiro atoms. The van der Waals surface area contributed by atoms with Gasteiger partial charge in [-0.15, -0.1) is 0 Å². The molecule has 1 fully saturated rings. The maximum Gasteiger partial charge on any atom is 0.330 e. The van der Waals surface area contributed by atoms with Gasteiger partial charge in [-0.3, -0.25) is 4.79 Å². The van der Waals surface area contributed by atoms with Crippen LogP contribution in [-0.4, -0.2) is 49.7 Å². The van der Waals surface area contributed by atoms with Gasteiger partial charge in [0.15, 0.2) is 0 Å². The Morgan fingerprint density at radius 3 is 2.64 bits per heavy atom. The highest BCUT2D eigenvalue weighted by Gasteiger charge is 2.45. The topological polar surface area (TPSA) is 91.1 Å². The highest BCUT2D eigenvalue weighted by Crippen LogP contribution is 2.31. The zero-order chi connectivity index (χ0) is 18.6. The number of hydrogen-bond acceptors (Lipinski definition) is 6. The summed E-state index contributed by atoms with van der Waals surface area (Å²) in [6, 6.07) is 4.41. The van der Waals surface area contributed by atoms with E-state index in [2.05, 4.69) is 0 Å². The van der Waals surface area contributed by atoms with Crippen LogP contribution in [0.25, 0.3) is 0 Å². The fourth-order valence-electron chi connectivity index (χ4n) is 2.90. The van der Waals surface area contributed by atoms with Gasteiger partial charge in [-0.25, -0.2) is 4.79 Å². The van der Waals surface area contributed by atoms with Crippen molar-refractivity contribution in [1.82, 2.24) is 4.90 Å². The van der Waals surface area contributed by atoms with E-state index in [0.29, 0.717) is 30.2 Å². The van der Waals surface area contributed by atoms with E-state index >= 15 is 0 Å². The fraction of sp³-hybridized carbons (Fsp3) is 0.444. The van der Waals surface area contributed by atoms with Gasteiger partial charge in [-0.2, -0.15) is 0 Å². The van der Waals surface area contributed by atoms with Crippen LogP contribution in [0.4, 0.5) is 0 Å². The minimum atomic E-state index is -0.657. The summed E-state index contributed by atoms with van der Waals surface area (Å²) in [6.07, 6.45) is 1.39. The summed E-state index contributed by atoms with van der Waals surface area (Å²) in [6.45, 7) is 4.14. The lowest BCUT2D eigenvalue weighted by atomic mass is 9.88. The van der Waals surface area contributed by atoms with Crippen LogP contribution in [0.2, 0.25) is 0 Å². The van der Waals surface area contributed by atoms with Crippen molar-refractivity contribution in [2.24, 2.45) is 5.73 Å². The Morgan fingerprint density at radius 2 is 2.04 bits per heavy atom. The molecule has 1 aliphatic rings. The van der Waals surface area contributed by atoms with Crippen LogP contribution in [0.3, 0.4) is 0 Å². The Labute approximate surface area is 147 Å². The average molecular weight is 348 g/mol. The number of nitrogens with zero attached hydrogens (tertiary/aromatic N) is 1. The van der Waals surface area contributed by atoms with Crippen LogP contribution < -0.4 is 15.2 Å². The van der Waals surface area contributed by atoms with Crippen molar-refractivity contribution in [1.29, 1.82) is 0 Å². The van der Waals surface area contributed by atoms with Crippen molar-refractivity contribution < 1.29 is 23.8 Å². The number of esters is 1. The minimum Gasteiger partial charge on any atom is -0.497 e. The first-order valence-electron chi connectivity index (χ1n) is 8.04. The highest BCUT2D eigenvalue weighted by molar-refractivity contribution is 5.91. The Bertz CT molecular complexity index is 686. The van der Waals surface area contributed by atoms with E-state index in [1.54, 1.807) is 45.1 Å². The molecule has 7 heteroatoms. The van der Waals surface area contributed by atoms with Gasteiger partial charge in [0.1, 0.15) is 17.5 Å². The summed E-state index contributed by atoms with van der Waals surface area (Å²) in [5.74, 6) is 0.688. The van der Waals surface area contributed by atoms with Crippen molar-refractivity contribution in [2.75, 3.05) is 20.8 Å². The molecule has 7 nitrogen and oxygen atoms in total. The third-order valence-electron chi connectivity index (χ3n) is 4.18. The SMILES string of the molecule is CCOC(=O)C=C(C)[C@H]1[C@@H](N)C(=O)N1Cc1ccc(OC)cc1OC. The van der Waals surface area contributed by atoms with Crippen LogP contribution in [0, 0.1) is 0 Å². The van der Waals surface area contributed by atoms with Gasteiger partial charge in [0.05, 0.1) is 33.4 Å². The zero-order valence-electron chi connectivity index (χ0n) is 14.9. The van der Waals surface area contributed by atoms with Crippen LogP contribution in [0.5, 0.6) is 11.5 Å². The first-order valence-corrected chi connectivity index (χ1v) is 8.04. The van der Waals surface area contributed by atoms with E-state index in [-0.39, 0.29) is 11.9 Å². The first-order chi connectivity index (χ1) is 11.9. The molecule has 1 aliphatic heterocycles. The Kier molecular flexibility index (Phi) is 6.03. The number of likely N-dealkylation sites (tertiary alicyclic amines) is 1. The molecule has 0 bridgehead atoms. The summed E-state index contributed by atoms with van der Waals surface area (Å²) < 4.78 is 15.5. The third kappa shape index (κ3) is 3.93. The minimum absolute atomic E-state index is 0.167. The molecule has 1 saturated heterocycles. The lowest BCUT2D eigenvalue weighted by molar-refractivity contribution is -0.148. The van der Waals surface area contributed by atoms with Crippen molar-refractivity contribution in [3.8, 4) is 11.5 Å². The fourth-order valence-corrected chi connectivity index (χ4v) is 2.90. The van der Waals surface area contributed by atoms with Gasteiger partial charge in [0.25, 0.3) is 0 Å². The van der Waals surface area contributed by atoms with E-state index in [0.717, 1.165) is 5.56 Å². The molecule has 2 atom stereocenters. The van der Waals surface area contributed by atoms with Gasteiger partial charge in [-0.1, -0.05) is 0 Å². The summed E-state index contributed by atoms with van der Waals surface area (Å²) in [5.41, 5.74) is 7.47. The number of carbonyl (C=O) groups excluding carboxylic acids is 2. The number of amides is 1. The summed E-state index contributed by atoms with van der Waals surface area (Å²) in [4.78, 5) is 25.5. The molecular formula is C18H24N2O5. The second-order valence-corrected chi connectivity index (χ2v) is 5.75.